The van der Waals surface area contributed by atoms with Crippen LogP contribution in [0.3, 0.4) is 0 Å². The maximum atomic E-state index is 5.77. The Morgan fingerprint density at radius 3 is 2.45 bits per heavy atom. The van der Waals surface area contributed by atoms with Crippen molar-refractivity contribution in [3.63, 3.8) is 0 Å². The molecule has 0 radical (unpaired) electrons. The standard InChI is InChI=1S/C22H30N4O2.HI/c1-23-22(25(2)12-17-28-21-6-4-3-5-7-21)24-18-19-8-10-20(11-9-19)26-13-15-27-16-14-26;/h3-11H,12-18H2,1-2H3,(H,23,24);1H. The molecular formula is C22H31IN4O2. The van der Waals surface area contributed by atoms with Crippen molar-refractivity contribution in [3.8, 4) is 5.75 Å². The van der Waals surface area contributed by atoms with Gasteiger partial charge in [-0.05, 0) is 29.8 Å². The topological polar surface area (TPSA) is 49.3 Å². The Balaban J connectivity index is 0.00000300. The summed E-state index contributed by atoms with van der Waals surface area (Å²) in [6.45, 7) is 5.63. The van der Waals surface area contributed by atoms with Crippen LogP contribution in [0.4, 0.5) is 5.69 Å². The van der Waals surface area contributed by atoms with E-state index < -0.39 is 0 Å². The summed E-state index contributed by atoms with van der Waals surface area (Å²) in [5.41, 5.74) is 2.48. The highest BCUT2D eigenvalue weighted by atomic mass is 127. The van der Waals surface area contributed by atoms with Gasteiger partial charge in [-0.2, -0.15) is 0 Å². The van der Waals surface area contributed by atoms with Gasteiger partial charge >= 0.3 is 0 Å². The third-order valence-electron chi connectivity index (χ3n) is 4.78. The monoisotopic (exact) mass is 510 g/mol. The minimum atomic E-state index is 0. The molecule has 29 heavy (non-hydrogen) atoms. The molecule has 0 spiro atoms. The van der Waals surface area contributed by atoms with Crippen LogP contribution in [0.2, 0.25) is 0 Å². The fourth-order valence-electron chi connectivity index (χ4n) is 3.14. The predicted molar refractivity (Wildman–Crippen MR) is 130 cm³/mol. The molecule has 3 rings (SSSR count). The normalized spacial score (nSPS) is 14.1. The fourth-order valence-corrected chi connectivity index (χ4v) is 3.14. The van der Waals surface area contributed by atoms with E-state index in [-0.39, 0.29) is 24.0 Å². The van der Waals surface area contributed by atoms with Crippen LogP contribution in [-0.2, 0) is 11.3 Å². The van der Waals surface area contributed by atoms with Gasteiger partial charge in [0.05, 0.1) is 19.8 Å². The van der Waals surface area contributed by atoms with Gasteiger partial charge in [0.1, 0.15) is 12.4 Å². The second-order valence-electron chi connectivity index (χ2n) is 6.75. The van der Waals surface area contributed by atoms with Crippen molar-refractivity contribution in [1.82, 2.24) is 10.2 Å². The number of guanidine groups is 1. The lowest BCUT2D eigenvalue weighted by Gasteiger charge is -2.29. The first-order chi connectivity index (χ1) is 13.8. The number of hydrogen-bond donors (Lipinski definition) is 1. The highest BCUT2D eigenvalue weighted by molar-refractivity contribution is 14.0. The summed E-state index contributed by atoms with van der Waals surface area (Å²) in [4.78, 5) is 8.81. The fraction of sp³-hybridized carbons (Fsp3) is 0.409. The van der Waals surface area contributed by atoms with Crippen LogP contribution in [-0.4, -0.2) is 64.4 Å². The van der Waals surface area contributed by atoms with Gasteiger partial charge in [0.15, 0.2) is 5.96 Å². The number of ether oxygens (including phenoxy) is 2. The van der Waals surface area contributed by atoms with Gasteiger partial charge in [0.25, 0.3) is 0 Å². The zero-order valence-corrected chi connectivity index (χ0v) is 19.5. The number of halogens is 1. The summed E-state index contributed by atoms with van der Waals surface area (Å²) in [5.74, 6) is 1.74. The molecule has 6 nitrogen and oxygen atoms in total. The molecular weight excluding hydrogens is 479 g/mol. The van der Waals surface area contributed by atoms with Gasteiger partial charge in [0, 0.05) is 39.4 Å². The number of morpholine rings is 1. The Hall–Kier alpha value is -2.00. The second-order valence-corrected chi connectivity index (χ2v) is 6.75. The number of hydrogen-bond acceptors (Lipinski definition) is 4. The molecule has 0 aliphatic carbocycles. The summed E-state index contributed by atoms with van der Waals surface area (Å²) in [7, 11) is 3.82. The molecule has 158 valence electrons. The molecule has 1 saturated heterocycles. The zero-order chi connectivity index (χ0) is 19.6. The van der Waals surface area contributed by atoms with Crippen molar-refractivity contribution in [1.29, 1.82) is 0 Å². The van der Waals surface area contributed by atoms with Crippen molar-refractivity contribution in [2.75, 3.05) is 58.5 Å². The minimum Gasteiger partial charge on any atom is -0.492 e. The molecule has 0 saturated carbocycles. The summed E-state index contributed by atoms with van der Waals surface area (Å²) < 4.78 is 11.2. The lowest BCUT2D eigenvalue weighted by atomic mass is 10.2. The van der Waals surface area contributed by atoms with E-state index in [9.17, 15) is 0 Å². The number of rotatable bonds is 7. The number of nitrogens with zero attached hydrogens (tertiary/aromatic N) is 3. The van der Waals surface area contributed by atoms with Gasteiger partial charge < -0.3 is 24.6 Å². The third-order valence-corrected chi connectivity index (χ3v) is 4.78. The minimum absolute atomic E-state index is 0. The Kier molecular flexibility index (Phi) is 10.1. The smallest absolute Gasteiger partial charge is 0.193 e. The van der Waals surface area contributed by atoms with Gasteiger partial charge in [0.2, 0.25) is 0 Å². The van der Waals surface area contributed by atoms with Crippen LogP contribution in [0.15, 0.2) is 59.6 Å². The second kappa shape index (κ2) is 12.5. The summed E-state index contributed by atoms with van der Waals surface area (Å²) in [6, 6.07) is 18.6. The number of nitrogens with one attached hydrogen (secondary N) is 1. The molecule has 0 unspecified atom stereocenters. The van der Waals surface area contributed by atoms with Crippen molar-refractivity contribution in [2.45, 2.75) is 6.54 Å². The number of aliphatic imine (C=N–C) groups is 1. The molecule has 1 aliphatic rings. The van der Waals surface area contributed by atoms with Crippen molar-refractivity contribution < 1.29 is 9.47 Å². The van der Waals surface area contributed by atoms with E-state index in [1.54, 1.807) is 7.05 Å². The van der Waals surface area contributed by atoms with Crippen molar-refractivity contribution >= 4 is 35.6 Å². The molecule has 1 fully saturated rings. The Bertz CT molecular complexity index is 734. The first-order valence-corrected chi connectivity index (χ1v) is 9.77. The summed E-state index contributed by atoms with van der Waals surface area (Å²) in [5, 5.41) is 3.42. The highest BCUT2D eigenvalue weighted by Gasteiger charge is 2.11. The number of likely N-dealkylation sites (N-methyl/N-ethyl adjacent to an activating group) is 1. The molecule has 1 aliphatic heterocycles. The van der Waals surface area contributed by atoms with Crippen LogP contribution in [0.25, 0.3) is 0 Å². The summed E-state index contributed by atoms with van der Waals surface area (Å²) in [6.07, 6.45) is 0. The van der Waals surface area contributed by atoms with Gasteiger partial charge in [-0.3, -0.25) is 4.99 Å². The van der Waals surface area contributed by atoms with E-state index in [0.717, 1.165) is 51.1 Å². The van der Waals surface area contributed by atoms with E-state index in [2.05, 4.69) is 44.4 Å². The molecule has 1 N–H and O–H groups in total. The van der Waals surface area contributed by atoms with E-state index in [1.165, 1.54) is 11.3 Å². The molecule has 1 heterocycles. The zero-order valence-electron chi connectivity index (χ0n) is 17.2. The lowest BCUT2D eigenvalue weighted by molar-refractivity contribution is 0.122. The van der Waals surface area contributed by atoms with E-state index in [1.807, 2.05) is 37.4 Å². The Morgan fingerprint density at radius 2 is 1.79 bits per heavy atom. The maximum absolute atomic E-state index is 5.77. The first-order valence-electron chi connectivity index (χ1n) is 9.77. The molecule has 2 aromatic carbocycles. The van der Waals surface area contributed by atoms with Gasteiger partial charge in [-0.25, -0.2) is 0 Å². The molecule has 0 atom stereocenters. The average Bonchev–Trinajstić information content (AvgIpc) is 2.76. The number of anilines is 1. The quantitative estimate of drug-likeness (QED) is 0.352. The van der Waals surface area contributed by atoms with Crippen LogP contribution in [0.5, 0.6) is 5.75 Å². The largest absolute Gasteiger partial charge is 0.492 e. The van der Waals surface area contributed by atoms with E-state index in [0.29, 0.717) is 6.61 Å². The Labute approximate surface area is 190 Å². The molecule has 0 bridgehead atoms. The third kappa shape index (κ3) is 7.40. The molecule has 0 amide bonds. The molecule has 7 heteroatoms. The van der Waals surface area contributed by atoms with Gasteiger partial charge in [-0.15, -0.1) is 24.0 Å². The number of benzene rings is 2. The van der Waals surface area contributed by atoms with E-state index >= 15 is 0 Å². The maximum Gasteiger partial charge on any atom is 0.193 e. The number of para-hydroxylation sites is 1. The first kappa shape index (κ1) is 23.3. The van der Waals surface area contributed by atoms with Gasteiger partial charge in [-0.1, -0.05) is 30.3 Å². The van der Waals surface area contributed by atoms with Crippen LogP contribution >= 0.6 is 24.0 Å². The predicted octanol–water partition coefficient (Wildman–Crippen LogP) is 3.23. The summed E-state index contributed by atoms with van der Waals surface area (Å²) >= 11 is 0. The van der Waals surface area contributed by atoms with Crippen molar-refractivity contribution in [3.05, 3.63) is 60.2 Å². The molecule has 2 aromatic rings. The SMILES string of the molecule is CN=C(NCc1ccc(N2CCOCC2)cc1)N(C)CCOc1ccccc1.I. The highest BCUT2D eigenvalue weighted by Crippen LogP contribution is 2.16. The van der Waals surface area contributed by atoms with Crippen molar-refractivity contribution in [2.24, 2.45) is 4.99 Å². The van der Waals surface area contributed by atoms with E-state index in [4.69, 9.17) is 9.47 Å². The van der Waals surface area contributed by atoms with Crippen LogP contribution in [0, 0.1) is 0 Å². The Morgan fingerprint density at radius 1 is 1.10 bits per heavy atom. The lowest BCUT2D eigenvalue weighted by Crippen LogP contribution is -2.40. The average molecular weight is 510 g/mol. The molecule has 0 aromatic heterocycles. The van der Waals surface area contributed by atoms with Crippen LogP contribution < -0.4 is 15.0 Å². The van der Waals surface area contributed by atoms with Crippen LogP contribution in [0.1, 0.15) is 5.56 Å².